The molecule has 2 heterocycles. The van der Waals surface area contributed by atoms with Gasteiger partial charge in [-0.3, -0.25) is 9.88 Å². The molecule has 0 spiro atoms. The number of halogens is 1. The molecule has 2 aromatic rings. The number of benzene rings is 1. The van der Waals surface area contributed by atoms with E-state index in [0.717, 1.165) is 19.6 Å². The molecule has 0 radical (unpaired) electrons. The van der Waals surface area contributed by atoms with Crippen molar-refractivity contribution >= 4 is 11.7 Å². The molecule has 120 valence electrons. The third-order valence-corrected chi connectivity index (χ3v) is 3.93. The van der Waals surface area contributed by atoms with Crippen LogP contribution in [-0.2, 0) is 6.54 Å². The fourth-order valence-corrected chi connectivity index (χ4v) is 2.61. The van der Waals surface area contributed by atoms with Crippen LogP contribution in [0, 0.1) is 5.82 Å². The van der Waals surface area contributed by atoms with Gasteiger partial charge in [0.15, 0.2) is 0 Å². The van der Waals surface area contributed by atoms with Gasteiger partial charge >= 0.3 is 6.03 Å². The van der Waals surface area contributed by atoms with Crippen molar-refractivity contribution in [2.45, 2.75) is 6.54 Å². The summed E-state index contributed by atoms with van der Waals surface area (Å²) in [7, 11) is 0. The zero-order valence-electron chi connectivity index (χ0n) is 12.8. The Labute approximate surface area is 134 Å². The molecule has 6 heteroatoms. The molecule has 1 aliphatic rings. The second-order valence-electron chi connectivity index (χ2n) is 5.53. The van der Waals surface area contributed by atoms with Crippen molar-refractivity contribution in [2.24, 2.45) is 0 Å². The molecule has 1 N–H and O–H groups in total. The zero-order valence-corrected chi connectivity index (χ0v) is 12.8. The van der Waals surface area contributed by atoms with E-state index in [0.29, 0.717) is 13.1 Å². The lowest BCUT2D eigenvalue weighted by molar-refractivity contribution is 0.143. The predicted octanol–water partition coefficient (Wildman–Crippen LogP) is 2.57. The van der Waals surface area contributed by atoms with Crippen molar-refractivity contribution in [2.75, 3.05) is 31.5 Å². The van der Waals surface area contributed by atoms with Crippen LogP contribution in [-0.4, -0.2) is 47.0 Å². The van der Waals surface area contributed by atoms with Crippen molar-refractivity contribution in [3.8, 4) is 0 Å². The first-order valence-electron chi connectivity index (χ1n) is 7.64. The van der Waals surface area contributed by atoms with Gasteiger partial charge in [0.25, 0.3) is 0 Å². The summed E-state index contributed by atoms with van der Waals surface area (Å²) in [6.45, 7) is 3.71. The van der Waals surface area contributed by atoms with Crippen molar-refractivity contribution in [1.29, 1.82) is 0 Å². The van der Waals surface area contributed by atoms with Gasteiger partial charge in [-0.2, -0.15) is 0 Å². The third-order valence-electron chi connectivity index (χ3n) is 3.93. The van der Waals surface area contributed by atoms with Crippen LogP contribution in [0.15, 0.2) is 48.8 Å². The Hall–Kier alpha value is -2.47. The Morgan fingerprint density at radius 1 is 1.09 bits per heavy atom. The maximum absolute atomic E-state index is 13.6. The molecule has 1 aromatic carbocycles. The maximum Gasteiger partial charge on any atom is 0.322 e. The lowest BCUT2D eigenvalue weighted by Gasteiger charge is -2.34. The van der Waals surface area contributed by atoms with Crippen LogP contribution in [0.25, 0.3) is 0 Å². The van der Waals surface area contributed by atoms with E-state index >= 15 is 0 Å². The van der Waals surface area contributed by atoms with Crippen LogP contribution in [0.2, 0.25) is 0 Å². The van der Waals surface area contributed by atoms with Crippen LogP contribution in [0.3, 0.4) is 0 Å². The molecule has 0 atom stereocenters. The molecule has 1 aliphatic heterocycles. The molecule has 23 heavy (non-hydrogen) atoms. The molecule has 5 nitrogen and oxygen atoms in total. The number of piperazine rings is 1. The normalized spacial score (nSPS) is 15.4. The van der Waals surface area contributed by atoms with Gasteiger partial charge in [0.1, 0.15) is 5.82 Å². The number of aromatic nitrogens is 1. The van der Waals surface area contributed by atoms with Gasteiger partial charge in [-0.15, -0.1) is 0 Å². The highest BCUT2D eigenvalue weighted by molar-refractivity contribution is 5.89. The highest BCUT2D eigenvalue weighted by atomic mass is 19.1. The number of anilines is 1. The summed E-state index contributed by atoms with van der Waals surface area (Å²) < 4.78 is 13.6. The number of carbonyl (C=O) groups excluding carboxylic acids is 1. The van der Waals surface area contributed by atoms with Crippen molar-refractivity contribution < 1.29 is 9.18 Å². The second kappa shape index (κ2) is 7.19. The van der Waals surface area contributed by atoms with Crippen LogP contribution >= 0.6 is 0 Å². The van der Waals surface area contributed by atoms with E-state index in [4.69, 9.17) is 0 Å². The van der Waals surface area contributed by atoms with Crippen molar-refractivity contribution in [3.05, 3.63) is 60.2 Å². The fraction of sp³-hybridized carbons (Fsp3) is 0.294. The van der Waals surface area contributed by atoms with Crippen LogP contribution in [0.1, 0.15) is 5.56 Å². The van der Waals surface area contributed by atoms with Gasteiger partial charge in [-0.25, -0.2) is 9.18 Å². The second-order valence-corrected chi connectivity index (χ2v) is 5.53. The first kappa shape index (κ1) is 15.4. The number of nitrogens with one attached hydrogen (secondary N) is 1. The van der Waals surface area contributed by atoms with E-state index in [1.807, 2.05) is 12.1 Å². The van der Waals surface area contributed by atoms with E-state index in [1.54, 1.807) is 35.5 Å². The molecular formula is C17H19FN4O. The minimum absolute atomic E-state index is 0.219. The summed E-state index contributed by atoms with van der Waals surface area (Å²) in [4.78, 5) is 20.2. The Bertz CT molecular complexity index is 657. The molecule has 0 bridgehead atoms. The monoisotopic (exact) mass is 314 g/mol. The molecule has 1 fully saturated rings. The van der Waals surface area contributed by atoms with Crippen LogP contribution < -0.4 is 5.32 Å². The fourth-order valence-electron chi connectivity index (χ4n) is 2.61. The Kier molecular flexibility index (Phi) is 4.83. The molecule has 1 saturated heterocycles. The van der Waals surface area contributed by atoms with Gasteiger partial charge in [0.2, 0.25) is 0 Å². The average molecular weight is 314 g/mol. The van der Waals surface area contributed by atoms with Gasteiger partial charge in [-0.1, -0.05) is 12.1 Å². The number of urea groups is 1. The van der Waals surface area contributed by atoms with Crippen molar-refractivity contribution in [3.63, 3.8) is 0 Å². The van der Waals surface area contributed by atoms with Crippen LogP contribution in [0.4, 0.5) is 14.9 Å². The quantitative estimate of drug-likeness (QED) is 0.947. The van der Waals surface area contributed by atoms with Gasteiger partial charge < -0.3 is 10.2 Å². The number of nitrogens with zero attached hydrogens (tertiary/aromatic N) is 3. The number of rotatable bonds is 3. The first-order valence-corrected chi connectivity index (χ1v) is 7.64. The minimum Gasteiger partial charge on any atom is -0.322 e. The van der Waals surface area contributed by atoms with Crippen LogP contribution in [0.5, 0.6) is 0 Å². The Morgan fingerprint density at radius 2 is 1.78 bits per heavy atom. The van der Waals surface area contributed by atoms with Gasteiger partial charge in [0.05, 0.1) is 5.69 Å². The summed E-state index contributed by atoms with van der Waals surface area (Å²) >= 11 is 0. The summed E-state index contributed by atoms with van der Waals surface area (Å²) in [5, 5.41) is 2.63. The lowest BCUT2D eigenvalue weighted by Crippen LogP contribution is -2.49. The SMILES string of the molecule is O=C(Nc1ccccc1F)N1CCN(Cc2ccncc2)CC1. The Morgan fingerprint density at radius 3 is 2.48 bits per heavy atom. The maximum atomic E-state index is 13.6. The van der Waals surface area contributed by atoms with E-state index in [2.05, 4.69) is 15.2 Å². The van der Waals surface area contributed by atoms with E-state index in [1.165, 1.54) is 11.6 Å². The van der Waals surface area contributed by atoms with Crippen molar-refractivity contribution in [1.82, 2.24) is 14.8 Å². The van der Waals surface area contributed by atoms with E-state index in [9.17, 15) is 9.18 Å². The lowest BCUT2D eigenvalue weighted by atomic mass is 10.2. The van der Waals surface area contributed by atoms with Gasteiger partial charge in [-0.05, 0) is 29.8 Å². The number of hydrogen-bond donors (Lipinski definition) is 1. The molecule has 0 unspecified atom stereocenters. The number of hydrogen-bond acceptors (Lipinski definition) is 3. The highest BCUT2D eigenvalue weighted by Gasteiger charge is 2.21. The summed E-state index contributed by atoms with van der Waals surface area (Å²) in [5.74, 6) is -0.419. The summed E-state index contributed by atoms with van der Waals surface area (Å²) in [5.41, 5.74) is 1.43. The number of para-hydroxylation sites is 1. The third kappa shape index (κ3) is 4.04. The standard InChI is InChI=1S/C17H19FN4O/c18-15-3-1-2-4-16(15)20-17(23)22-11-9-21(10-12-22)13-14-5-7-19-8-6-14/h1-8H,9-13H2,(H,20,23). The number of amides is 2. The Balaban J connectivity index is 1.50. The minimum atomic E-state index is -0.419. The zero-order chi connectivity index (χ0) is 16.1. The average Bonchev–Trinajstić information content (AvgIpc) is 2.58. The topological polar surface area (TPSA) is 48.5 Å². The number of pyridine rings is 1. The summed E-state index contributed by atoms with van der Waals surface area (Å²) in [6.07, 6.45) is 3.57. The summed E-state index contributed by atoms with van der Waals surface area (Å²) in [6, 6.07) is 9.94. The molecule has 2 amide bonds. The first-order chi connectivity index (χ1) is 11.2. The highest BCUT2D eigenvalue weighted by Crippen LogP contribution is 2.14. The van der Waals surface area contributed by atoms with E-state index < -0.39 is 5.82 Å². The predicted molar refractivity (Wildman–Crippen MR) is 86.5 cm³/mol. The number of carbonyl (C=O) groups is 1. The molecule has 0 saturated carbocycles. The smallest absolute Gasteiger partial charge is 0.322 e. The molecule has 3 rings (SSSR count). The van der Waals surface area contributed by atoms with Gasteiger partial charge in [0, 0.05) is 45.1 Å². The molecular weight excluding hydrogens is 295 g/mol. The largest absolute Gasteiger partial charge is 0.322 e. The molecule has 1 aromatic heterocycles. The molecule has 0 aliphatic carbocycles. The van der Waals surface area contributed by atoms with E-state index in [-0.39, 0.29) is 11.7 Å².